The van der Waals surface area contributed by atoms with Crippen LogP contribution in [-0.4, -0.2) is 30.2 Å². The van der Waals surface area contributed by atoms with Gasteiger partial charge < -0.3 is 20.1 Å². The molecule has 1 unspecified atom stereocenters. The molecule has 0 aliphatic rings. The summed E-state index contributed by atoms with van der Waals surface area (Å²) in [6.45, 7) is 6.72. The van der Waals surface area contributed by atoms with Crippen molar-refractivity contribution in [2.45, 2.75) is 33.4 Å². The largest absolute Gasteiger partial charge is 0.494 e. The highest BCUT2D eigenvalue weighted by atomic mass is 16.5. The lowest BCUT2D eigenvalue weighted by atomic mass is 10.1. The number of benzene rings is 2. The van der Waals surface area contributed by atoms with Gasteiger partial charge in [-0.15, -0.1) is 0 Å². The fourth-order valence-electron chi connectivity index (χ4n) is 2.71. The van der Waals surface area contributed by atoms with Crippen molar-refractivity contribution in [3.8, 4) is 5.75 Å². The SMILES string of the molecule is CCOc1ccc(NC(C)C(=O)N(CC)c2ccccc2)cc1CO. The molecule has 0 saturated carbocycles. The maximum atomic E-state index is 12.8. The van der Waals surface area contributed by atoms with Crippen molar-refractivity contribution in [2.24, 2.45) is 0 Å². The zero-order valence-corrected chi connectivity index (χ0v) is 15.0. The fourth-order valence-corrected chi connectivity index (χ4v) is 2.71. The van der Waals surface area contributed by atoms with Crippen LogP contribution in [0.25, 0.3) is 0 Å². The van der Waals surface area contributed by atoms with Crippen LogP contribution in [0.15, 0.2) is 48.5 Å². The molecule has 0 spiro atoms. The van der Waals surface area contributed by atoms with E-state index in [0.29, 0.717) is 24.5 Å². The minimum atomic E-state index is -0.398. The van der Waals surface area contributed by atoms with Crippen molar-refractivity contribution in [3.63, 3.8) is 0 Å². The Kier molecular flexibility index (Phi) is 6.83. The van der Waals surface area contributed by atoms with Gasteiger partial charge in [0.1, 0.15) is 11.8 Å². The van der Waals surface area contributed by atoms with E-state index in [1.807, 2.05) is 69.3 Å². The van der Waals surface area contributed by atoms with E-state index in [2.05, 4.69) is 5.32 Å². The minimum absolute atomic E-state index is 0.00636. The molecule has 0 heterocycles. The van der Waals surface area contributed by atoms with Crippen molar-refractivity contribution < 1.29 is 14.6 Å². The molecule has 1 amide bonds. The van der Waals surface area contributed by atoms with Crippen molar-refractivity contribution in [3.05, 3.63) is 54.1 Å². The number of rotatable bonds is 8. The van der Waals surface area contributed by atoms with E-state index in [-0.39, 0.29) is 12.5 Å². The Morgan fingerprint density at radius 1 is 1.20 bits per heavy atom. The van der Waals surface area contributed by atoms with Gasteiger partial charge in [-0.05, 0) is 51.1 Å². The number of nitrogens with one attached hydrogen (secondary N) is 1. The Morgan fingerprint density at radius 2 is 1.92 bits per heavy atom. The molecular formula is C20H26N2O3. The van der Waals surface area contributed by atoms with Crippen LogP contribution in [0.5, 0.6) is 5.75 Å². The summed E-state index contributed by atoms with van der Waals surface area (Å²) in [5.41, 5.74) is 2.35. The summed E-state index contributed by atoms with van der Waals surface area (Å²) < 4.78 is 5.49. The predicted molar refractivity (Wildman–Crippen MR) is 101 cm³/mol. The zero-order chi connectivity index (χ0) is 18.2. The molecule has 0 aliphatic heterocycles. The van der Waals surface area contributed by atoms with Crippen molar-refractivity contribution >= 4 is 17.3 Å². The second kappa shape index (κ2) is 9.08. The first-order chi connectivity index (χ1) is 12.1. The van der Waals surface area contributed by atoms with E-state index in [1.165, 1.54) is 0 Å². The normalized spacial score (nSPS) is 11.7. The second-order valence-electron chi connectivity index (χ2n) is 5.70. The fraction of sp³-hybridized carbons (Fsp3) is 0.350. The monoisotopic (exact) mass is 342 g/mol. The number of para-hydroxylation sites is 1. The van der Waals surface area contributed by atoms with Crippen molar-refractivity contribution in [2.75, 3.05) is 23.4 Å². The Hall–Kier alpha value is -2.53. The molecule has 134 valence electrons. The van der Waals surface area contributed by atoms with Gasteiger partial charge in [0.2, 0.25) is 5.91 Å². The van der Waals surface area contributed by atoms with E-state index in [4.69, 9.17) is 4.74 Å². The lowest BCUT2D eigenvalue weighted by Gasteiger charge is -2.25. The molecule has 0 fully saturated rings. The van der Waals surface area contributed by atoms with Gasteiger partial charge in [-0.2, -0.15) is 0 Å². The average molecular weight is 342 g/mol. The third-order valence-corrected chi connectivity index (χ3v) is 3.93. The Labute approximate surface area is 149 Å². The van der Waals surface area contributed by atoms with Gasteiger partial charge in [0.15, 0.2) is 0 Å². The highest BCUT2D eigenvalue weighted by Crippen LogP contribution is 2.24. The number of anilines is 2. The van der Waals surface area contributed by atoms with Crippen LogP contribution in [0.1, 0.15) is 26.3 Å². The van der Waals surface area contributed by atoms with Crippen LogP contribution in [0.4, 0.5) is 11.4 Å². The van der Waals surface area contributed by atoms with Crippen molar-refractivity contribution in [1.82, 2.24) is 0 Å². The number of aliphatic hydroxyl groups excluding tert-OH is 1. The second-order valence-corrected chi connectivity index (χ2v) is 5.70. The highest BCUT2D eigenvalue weighted by molar-refractivity contribution is 5.98. The van der Waals surface area contributed by atoms with Gasteiger partial charge in [-0.1, -0.05) is 18.2 Å². The zero-order valence-electron chi connectivity index (χ0n) is 15.0. The molecule has 5 heteroatoms. The molecule has 25 heavy (non-hydrogen) atoms. The maximum absolute atomic E-state index is 12.8. The molecule has 0 aliphatic carbocycles. The summed E-state index contributed by atoms with van der Waals surface area (Å²) in [4.78, 5) is 14.5. The lowest BCUT2D eigenvalue weighted by Crippen LogP contribution is -2.41. The average Bonchev–Trinajstić information content (AvgIpc) is 2.64. The van der Waals surface area contributed by atoms with E-state index in [0.717, 1.165) is 11.4 Å². The van der Waals surface area contributed by atoms with Gasteiger partial charge in [0.05, 0.1) is 13.2 Å². The third kappa shape index (κ3) is 4.73. The first-order valence-electron chi connectivity index (χ1n) is 8.60. The summed E-state index contributed by atoms with van der Waals surface area (Å²) in [6, 6.07) is 14.7. The highest BCUT2D eigenvalue weighted by Gasteiger charge is 2.20. The van der Waals surface area contributed by atoms with Gasteiger partial charge in [0.25, 0.3) is 0 Å². The molecule has 2 rings (SSSR count). The quantitative estimate of drug-likeness (QED) is 0.771. The summed E-state index contributed by atoms with van der Waals surface area (Å²) in [6.07, 6.45) is 0. The third-order valence-electron chi connectivity index (χ3n) is 3.93. The van der Waals surface area contributed by atoms with Crippen LogP contribution in [-0.2, 0) is 11.4 Å². The van der Waals surface area contributed by atoms with Gasteiger partial charge in [0, 0.05) is 23.5 Å². The smallest absolute Gasteiger partial charge is 0.249 e. The number of likely N-dealkylation sites (N-methyl/N-ethyl adjacent to an activating group) is 1. The minimum Gasteiger partial charge on any atom is -0.494 e. The lowest BCUT2D eigenvalue weighted by molar-refractivity contribution is -0.119. The van der Waals surface area contributed by atoms with E-state index in [9.17, 15) is 9.90 Å². The number of carbonyl (C=O) groups excluding carboxylic acids is 1. The van der Waals surface area contributed by atoms with E-state index < -0.39 is 6.04 Å². The first kappa shape index (κ1) is 18.8. The van der Waals surface area contributed by atoms with Gasteiger partial charge in [-0.3, -0.25) is 4.79 Å². The summed E-state index contributed by atoms with van der Waals surface area (Å²) in [7, 11) is 0. The summed E-state index contributed by atoms with van der Waals surface area (Å²) >= 11 is 0. The maximum Gasteiger partial charge on any atom is 0.249 e. The van der Waals surface area contributed by atoms with Crippen LogP contribution in [0.3, 0.4) is 0 Å². The van der Waals surface area contributed by atoms with Crippen LogP contribution in [0.2, 0.25) is 0 Å². The number of amides is 1. The number of nitrogens with zero attached hydrogens (tertiary/aromatic N) is 1. The molecule has 2 aromatic rings. The predicted octanol–water partition coefficient (Wildman–Crippen LogP) is 3.43. The molecule has 2 aromatic carbocycles. The molecule has 5 nitrogen and oxygen atoms in total. The molecule has 0 bridgehead atoms. The number of aliphatic hydroxyl groups is 1. The molecule has 2 N–H and O–H groups in total. The van der Waals surface area contributed by atoms with E-state index >= 15 is 0 Å². The standard InChI is InChI=1S/C20H26N2O3/c1-4-22(18-9-7-6-8-10-18)20(24)15(3)21-17-11-12-19(25-5-2)16(13-17)14-23/h6-13,15,21,23H,4-5,14H2,1-3H3. The topological polar surface area (TPSA) is 61.8 Å². The summed E-state index contributed by atoms with van der Waals surface area (Å²) in [5, 5.41) is 12.7. The Bertz CT molecular complexity index is 689. The number of ether oxygens (including phenoxy) is 1. The van der Waals surface area contributed by atoms with E-state index in [1.54, 1.807) is 4.90 Å². The summed E-state index contributed by atoms with van der Waals surface area (Å²) in [5.74, 6) is 0.655. The van der Waals surface area contributed by atoms with Crippen LogP contribution in [0, 0.1) is 0 Å². The van der Waals surface area contributed by atoms with Gasteiger partial charge in [-0.25, -0.2) is 0 Å². The Morgan fingerprint density at radius 3 is 2.52 bits per heavy atom. The molecule has 0 aromatic heterocycles. The first-order valence-corrected chi connectivity index (χ1v) is 8.60. The molecular weight excluding hydrogens is 316 g/mol. The number of carbonyl (C=O) groups is 1. The van der Waals surface area contributed by atoms with Gasteiger partial charge >= 0.3 is 0 Å². The molecule has 1 atom stereocenters. The van der Waals surface area contributed by atoms with Crippen LogP contribution >= 0.6 is 0 Å². The number of hydrogen-bond donors (Lipinski definition) is 2. The number of hydrogen-bond acceptors (Lipinski definition) is 4. The van der Waals surface area contributed by atoms with Crippen molar-refractivity contribution in [1.29, 1.82) is 0 Å². The molecule has 0 saturated heterocycles. The molecule has 0 radical (unpaired) electrons. The Balaban J connectivity index is 2.12. The van der Waals surface area contributed by atoms with Crippen LogP contribution < -0.4 is 15.0 Å².